The second-order valence-corrected chi connectivity index (χ2v) is 3.44. The summed E-state index contributed by atoms with van der Waals surface area (Å²) < 4.78 is 69.9. The largest absolute Gasteiger partial charge is 0.573 e. The molecule has 20 heavy (non-hydrogen) atoms. The van der Waals surface area contributed by atoms with Crippen molar-refractivity contribution in [3.8, 4) is 11.5 Å². The number of methoxy groups -OCH3 is 1. The Morgan fingerprint density at radius 3 is 2.45 bits per heavy atom. The monoisotopic (exact) mass is 301 g/mol. The van der Waals surface area contributed by atoms with E-state index in [1.54, 1.807) is 0 Å². The average molecular weight is 301 g/mol. The van der Waals surface area contributed by atoms with E-state index in [-0.39, 0.29) is 0 Å². The molecule has 1 rings (SSSR count). The lowest BCUT2D eigenvalue weighted by Gasteiger charge is -2.16. The molecule has 0 saturated carbocycles. The molecule has 0 unspecified atom stereocenters. The van der Waals surface area contributed by atoms with Gasteiger partial charge in [-0.2, -0.15) is 0 Å². The number of alkyl halides is 5. The Bertz CT molecular complexity index is 503. The SMILES string of the molecule is COc1cc(C(F)F)nc(CC(=O)O)c1OC(F)(F)F. The van der Waals surface area contributed by atoms with Crippen molar-refractivity contribution in [1.82, 2.24) is 4.98 Å². The molecule has 0 saturated heterocycles. The molecule has 10 heteroatoms. The van der Waals surface area contributed by atoms with Gasteiger partial charge >= 0.3 is 12.3 Å². The Morgan fingerprint density at radius 2 is 2.05 bits per heavy atom. The van der Waals surface area contributed by atoms with E-state index in [4.69, 9.17) is 5.11 Å². The van der Waals surface area contributed by atoms with Crippen molar-refractivity contribution >= 4 is 5.97 Å². The molecule has 0 fully saturated rings. The molecule has 0 spiro atoms. The molecule has 1 N–H and O–H groups in total. The van der Waals surface area contributed by atoms with Crippen LogP contribution in [0.25, 0.3) is 0 Å². The minimum absolute atomic E-state index is 0.553. The molecule has 0 aliphatic heterocycles. The predicted molar refractivity (Wildman–Crippen MR) is 53.8 cm³/mol. The van der Waals surface area contributed by atoms with E-state index >= 15 is 0 Å². The quantitative estimate of drug-likeness (QED) is 0.846. The zero-order valence-electron chi connectivity index (χ0n) is 9.87. The van der Waals surface area contributed by atoms with Gasteiger partial charge in [-0.1, -0.05) is 0 Å². The van der Waals surface area contributed by atoms with Crippen LogP contribution in [-0.4, -0.2) is 29.5 Å². The Balaban J connectivity index is 3.39. The fraction of sp³-hybridized carbons (Fsp3) is 0.400. The number of nitrogens with zero attached hydrogens (tertiary/aromatic N) is 1. The molecule has 112 valence electrons. The third kappa shape index (κ3) is 4.21. The second-order valence-electron chi connectivity index (χ2n) is 3.44. The summed E-state index contributed by atoms with van der Waals surface area (Å²) in [5.41, 5.74) is -1.71. The average Bonchev–Trinajstić information content (AvgIpc) is 2.28. The minimum atomic E-state index is -5.14. The molecule has 0 radical (unpaired) electrons. The van der Waals surface area contributed by atoms with Crippen LogP contribution in [0, 0.1) is 0 Å². The number of ether oxygens (including phenoxy) is 2. The van der Waals surface area contributed by atoms with Gasteiger partial charge in [0.05, 0.1) is 19.2 Å². The van der Waals surface area contributed by atoms with E-state index in [0.29, 0.717) is 6.07 Å². The zero-order valence-corrected chi connectivity index (χ0v) is 9.87. The van der Waals surface area contributed by atoms with E-state index in [1.807, 2.05) is 0 Å². The summed E-state index contributed by atoms with van der Waals surface area (Å²) >= 11 is 0. The van der Waals surface area contributed by atoms with E-state index in [2.05, 4.69) is 14.5 Å². The van der Waals surface area contributed by atoms with Gasteiger partial charge in [0.1, 0.15) is 5.69 Å². The van der Waals surface area contributed by atoms with Gasteiger partial charge in [-0.05, 0) is 0 Å². The molecule has 5 nitrogen and oxygen atoms in total. The first-order valence-electron chi connectivity index (χ1n) is 4.97. The van der Waals surface area contributed by atoms with E-state index in [0.717, 1.165) is 7.11 Å². The van der Waals surface area contributed by atoms with Crippen molar-refractivity contribution in [3.05, 3.63) is 17.5 Å². The smallest absolute Gasteiger partial charge is 0.493 e. The number of hydrogen-bond acceptors (Lipinski definition) is 4. The van der Waals surface area contributed by atoms with Gasteiger partial charge in [-0.25, -0.2) is 13.8 Å². The van der Waals surface area contributed by atoms with Crippen LogP contribution >= 0.6 is 0 Å². The molecule has 1 heterocycles. The lowest BCUT2D eigenvalue weighted by Crippen LogP contribution is -2.20. The molecular weight excluding hydrogens is 293 g/mol. The van der Waals surface area contributed by atoms with Crippen LogP contribution < -0.4 is 9.47 Å². The van der Waals surface area contributed by atoms with Crippen molar-refractivity contribution in [2.45, 2.75) is 19.2 Å². The molecule has 0 bridgehead atoms. The molecule has 0 amide bonds. The summed E-state index contributed by atoms with van der Waals surface area (Å²) in [5, 5.41) is 8.58. The number of carboxylic acids is 1. The standard InChI is InChI=1S/C10H8F5NO4/c1-19-6-2-5(9(11)12)16-4(3-7(17)18)8(6)20-10(13,14)15/h2,9H,3H2,1H3,(H,17,18). The normalized spacial score (nSPS) is 11.6. The van der Waals surface area contributed by atoms with Crippen molar-refractivity contribution in [2.75, 3.05) is 7.11 Å². The minimum Gasteiger partial charge on any atom is -0.493 e. The maximum atomic E-state index is 12.5. The van der Waals surface area contributed by atoms with E-state index in [1.165, 1.54) is 0 Å². The van der Waals surface area contributed by atoms with E-state index in [9.17, 15) is 26.7 Å². The number of pyridine rings is 1. The Labute approximate surface area is 108 Å². The molecule has 0 atom stereocenters. The number of aliphatic carboxylic acids is 1. The number of carbonyl (C=O) groups is 1. The van der Waals surface area contributed by atoms with Gasteiger partial charge in [0.15, 0.2) is 11.5 Å². The van der Waals surface area contributed by atoms with Crippen molar-refractivity contribution in [3.63, 3.8) is 0 Å². The topological polar surface area (TPSA) is 68.7 Å². The number of carboxylic acid groups (broad SMARTS) is 1. The van der Waals surface area contributed by atoms with Crippen LogP contribution in [-0.2, 0) is 11.2 Å². The highest BCUT2D eigenvalue weighted by Crippen LogP contribution is 2.37. The van der Waals surface area contributed by atoms with Crippen LogP contribution in [0.5, 0.6) is 11.5 Å². The molecule has 0 aliphatic rings. The van der Waals surface area contributed by atoms with Gasteiger partial charge in [-0.3, -0.25) is 4.79 Å². The van der Waals surface area contributed by atoms with Gasteiger partial charge in [-0.15, -0.1) is 13.2 Å². The second kappa shape index (κ2) is 5.88. The highest BCUT2D eigenvalue weighted by Gasteiger charge is 2.35. The van der Waals surface area contributed by atoms with Crippen LogP contribution in [0.1, 0.15) is 17.8 Å². The van der Waals surface area contributed by atoms with Crippen molar-refractivity contribution < 1.29 is 41.3 Å². The summed E-state index contributed by atoms with van der Waals surface area (Å²) in [6.45, 7) is 0. The number of halogens is 5. The van der Waals surface area contributed by atoms with Gasteiger partial charge in [0.2, 0.25) is 0 Å². The summed E-state index contributed by atoms with van der Waals surface area (Å²) in [6, 6.07) is 0.553. The van der Waals surface area contributed by atoms with Crippen LogP contribution in [0.3, 0.4) is 0 Å². The maximum Gasteiger partial charge on any atom is 0.573 e. The first-order chi connectivity index (χ1) is 9.14. The predicted octanol–water partition coefficient (Wildman–Crippen LogP) is 2.55. The summed E-state index contributed by atoms with van der Waals surface area (Å²) in [5.74, 6) is -3.28. The van der Waals surface area contributed by atoms with E-state index < -0.39 is 48.1 Å². The lowest BCUT2D eigenvalue weighted by atomic mass is 10.2. The van der Waals surface area contributed by atoms with Crippen LogP contribution in [0.4, 0.5) is 22.0 Å². The Hall–Kier alpha value is -2.13. The molecule has 1 aromatic heterocycles. The maximum absolute atomic E-state index is 12.5. The molecule has 0 aliphatic carbocycles. The number of hydrogen-bond donors (Lipinski definition) is 1. The first-order valence-corrected chi connectivity index (χ1v) is 4.97. The lowest BCUT2D eigenvalue weighted by molar-refractivity contribution is -0.275. The third-order valence-corrected chi connectivity index (χ3v) is 2.01. The van der Waals surface area contributed by atoms with Gasteiger partial charge < -0.3 is 14.6 Å². The van der Waals surface area contributed by atoms with Crippen molar-refractivity contribution in [1.29, 1.82) is 0 Å². The number of aromatic nitrogens is 1. The Morgan fingerprint density at radius 1 is 1.45 bits per heavy atom. The highest BCUT2D eigenvalue weighted by molar-refractivity contribution is 5.71. The third-order valence-electron chi connectivity index (χ3n) is 2.01. The first kappa shape index (κ1) is 15.9. The summed E-state index contributed by atoms with van der Waals surface area (Å²) in [4.78, 5) is 13.7. The number of rotatable bonds is 5. The van der Waals surface area contributed by atoms with Crippen LogP contribution in [0.15, 0.2) is 6.07 Å². The molecular formula is C10H8F5NO4. The van der Waals surface area contributed by atoms with Crippen molar-refractivity contribution in [2.24, 2.45) is 0 Å². The summed E-state index contributed by atoms with van der Waals surface area (Å²) in [7, 11) is 0.929. The van der Waals surface area contributed by atoms with Gasteiger partial charge in [0, 0.05) is 6.07 Å². The molecule has 1 aromatic rings. The molecule has 0 aromatic carbocycles. The summed E-state index contributed by atoms with van der Waals surface area (Å²) in [6.07, 6.45) is -9.27. The Kier molecular flexibility index (Phi) is 4.69. The fourth-order valence-electron chi connectivity index (χ4n) is 1.33. The van der Waals surface area contributed by atoms with Crippen LogP contribution in [0.2, 0.25) is 0 Å². The fourth-order valence-corrected chi connectivity index (χ4v) is 1.33. The zero-order chi connectivity index (χ0) is 15.5. The highest BCUT2D eigenvalue weighted by atomic mass is 19.4. The van der Waals surface area contributed by atoms with Gasteiger partial charge in [0.25, 0.3) is 6.43 Å².